The predicted molar refractivity (Wildman–Crippen MR) is 54.6 cm³/mol. The van der Waals surface area contributed by atoms with Gasteiger partial charge in [0.05, 0.1) is 12.1 Å². The molecule has 0 aromatic rings. The minimum atomic E-state index is 0.00686. The molecule has 76 valence electrons. The van der Waals surface area contributed by atoms with Crippen LogP contribution in [0.5, 0.6) is 0 Å². The van der Waals surface area contributed by atoms with Crippen molar-refractivity contribution in [2.24, 2.45) is 5.11 Å². The van der Waals surface area contributed by atoms with E-state index in [0.717, 1.165) is 25.7 Å². The molecule has 1 fully saturated rings. The summed E-state index contributed by atoms with van der Waals surface area (Å²) >= 11 is 0. The fraction of sp³-hybridized carbons (Fsp3) is 0.800. The summed E-state index contributed by atoms with van der Waals surface area (Å²) in [7, 11) is 0. The maximum absolute atomic E-state index is 8.38. The fourth-order valence-corrected chi connectivity index (χ4v) is 1.69. The molecule has 0 unspecified atom stereocenters. The Hall–Kier alpha value is -1.17. The number of nitrogens with zero attached hydrogens (tertiary/aromatic N) is 3. The zero-order valence-corrected chi connectivity index (χ0v) is 8.44. The van der Waals surface area contributed by atoms with Gasteiger partial charge in [0.25, 0.3) is 0 Å². The van der Waals surface area contributed by atoms with Crippen LogP contribution in [0.3, 0.4) is 0 Å². The molecular formula is C10H15N3O. The van der Waals surface area contributed by atoms with Gasteiger partial charge in [-0.2, -0.15) is 0 Å². The van der Waals surface area contributed by atoms with Crippen molar-refractivity contribution in [1.29, 1.82) is 0 Å². The van der Waals surface area contributed by atoms with Crippen LogP contribution in [-0.4, -0.2) is 18.8 Å². The lowest BCUT2D eigenvalue weighted by atomic mass is 9.93. The van der Waals surface area contributed by atoms with Crippen LogP contribution in [0.2, 0.25) is 0 Å². The van der Waals surface area contributed by atoms with Gasteiger partial charge in [0.15, 0.2) is 0 Å². The van der Waals surface area contributed by atoms with Gasteiger partial charge in [0.1, 0.15) is 6.61 Å². The summed E-state index contributed by atoms with van der Waals surface area (Å²) in [5.41, 5.74) is 8.38. The van der Waals surface area contributed by atoms with E-state index < -0.39 is 0 Å². The topological polar surface area (TPSA) is 58.0 Å². The highest BCUT2D eigenvalue weighted by molar-refractivity contribution is 4.95. The molecule has 0 aromatic heterocycles. The molecule has 0 bridgehead atoms. The van der Waals surface area contributed by atoms with Crippen LogP contribution in [0.1, 0.15) is 32.6 Å². The van der Waals surface area contributed by atoms with Crippen LogP contribution >= 0.6 is 0 Å². The van der Waals surface area contributed by atoms with Gasteiger partial charge in [-0.05, 0) is 25.3 Å². The lowest BCUT2D eigenvalue weighted by Crippen LogP contribution is -2.30. The second-order valence-electron chi connectivity index (χ2n) is 3.33. The van der Waals surface area contributed by atoms with Crippen molar-refractivity contribution >= 4 is 0 Å². The van der Waals surface area contributed by atoms with Crippen molar-refractivity contribution in [3.8, 4) is 11.8 Å². The highest BCUT2D eigenvalue weighted by atomic mass is 16.5. The van der Waals surface area contributed by atoms with Crippen molar-refractivity contribution in [2.45, 2.75) is 44.8 Å². The molecule has 1 saturated carbocycles. The molecule has 0 spiro atoms. The summed E-state index contributed by atoms with van der Waals surface area (Å²) in [6, 6.07) is 0.00686. The minimum Gasteiger partial charge on any atom is -0.365 e. The minimum absolute atomic E-state index is 0.00686. The third-order valence-corrected chi connectivity index (χ3v) is 2.41. The van der Waals surface area contributed by atoms with E-state index in [4.69, 9.17) is 10.3 Å². The maximum Gasteiger partial charge on any atom is 0.108 e. The van der Waals surface area contributed by atoms with Crippen molar-refractivity contribution < 1.29 is 4.74 Å². The first-order valence-electron chi connectivity index (χ1n) is 4.94. The Kier molecular flexibility index (Phi) is 4.92. The molecule has 1 aliphatic carbocycles. The van der Waals surface area contributed by atoms with E-state index in [1.54, 1.807) is 6.92 Å². The largest absolute Gasteiger partial charge is 0.365 e. The second-order valence-corrected chi connectivity index (χ2v) is 3.33. The van der Waals surface area contributed by atoms with E-state index in [0.29, 0.717) is 6.61 Å². The summed E-state index contributed by atoms with van der Waals surface area (Å²) in [5.74, 6) is 5.63. The Bertz CT molecular complexity index is 273. The lowest BCUT2D eigenvalue weighted by molar-refractivity contribution is 0.0349. The Balaban J connectivity index is 2.43. The zero-order valence-electron chi connectivity index (χ0n) is 8.44. The number of ether oxygens (including phenoxy) is 1. The average Bonchev–Trinajstić information content (AvgIpc) is 2.21. The smallest absolute Gasteiger partial charge is 0.108 e. The highest BCUT2D eigenvalue weighted by Gasteiger charge is 2.24. The number of hydrogen-bond donors (Lipinski definition) is 0. The second kappa shape index (κ2) is 6.31. The van der Waals surface area contributed by atoms with Gasteiger partial charge in [-0.3, -0.25) is 0 Å². The molecule has 14 heavy (non-hydrogen) atoms. The van der Waals surface area contributed by atoms with Crippen LogP contribution in [0.25, 0.3) is 10.4 Å². The number of hydrogen-bond acceptors (Lipinski definition) is 2. The van der Waals surface area contributed by atoms with Gasteiger partial charge in [0.2, 0.25) is 0 Å². The van der Waals surface area contributed by atoms with E-state index in [9.17, 15) is 0 Å². The van der Waals surface area contributed by atoms with E-state index >= 15 is 0 Å². The molecular weight excluding hydrogens is 178 g/mol. The molecule has 0 aromatic carbocycles. The molecule has 0 saturated heterocycles. The number of rotatable bonds is 3. The van der Waals surface area contributed by atoms with Gasteiger partial charge in [-0.25, -0.2) is 0 Å². The Morgan fingerprint density at radius 3 is 3.00 bits per heavy atom. The first-order valence-corrected chi connectivity index (χ1v) is 4.94. The van der Waals surface area contributed by atoms with Crippen LogP contribution in [0, 0.1) is 11.8 Å². The Morgan fingerprint density at radius 1 is 1.50 bits per heavy atom. The summed E-state index contributed by atoms with van der Waals surface area (Å²) < 4.78 is 5.55. The first-order chi connectivity index (χ1) is 6.88. The van der Waals surface area contributed by atoms with E-state index in [-0.39, 0.29) is 12.1 Å². The molecule has 0 heterocycles. The average molecular weight is 193 g/mol. The van der Waals surface area contributed by atoms with Gasteiger partial charge in [-0.15, -0.1) is 5.92 Å². The molecule has 2 atom stereocenters. The van der Waals surface area contributed by atoms with Crippen molar-refractivity contribution in [2.75, 3.05) is 6.61 Å². The Morgan fingerprint density at radius 2 is 2.29 bits per heavy atom. The summed E-state index contributed by atoms with van der Waals surface area (Å²) in [4.78, 5) is 2.85. The van der Waals surface area contributed by atoms with Crippen molar-refractivity contribution in [1.82, 2.24) is 0 Å². The van der Waals surface area contributed by atoms with Crippen LogP contribution in [0.15, 0.2) is 5.11 Å². The first kappa shape index (κ1) is 10.9. The summed E-state index contributed by atoms with van der Waals surface area (Å²) in [5, 5.41) is 3.75. The quantitative estimate of drug-likeness (QED) is 0.294. The molecule has 0 aliphatic heterocycles. The van der Waals surface area contributed by atoms with Crippen LogP contribution in [0.4, 0.5) is 0 Å². The zero-order chi connectivity index (χ0) is 10.2. The normalized spacial score (nSPS) is 25.8. The molecule has 0 radical (unpaired) electrons. The van der Waals surface area contributed by atoms with E-state index in [1.165, 1.54) is 0 Å². The fourth-order valence-electron chi connectivity index (χ4n) is 1.69. The van der Waals surface area contributed by atoms with E-state index in [1.807, 2.05) is 0 Å². The summed E-state index contributed by atoms with van der Waals surface area (Å²) in [6.07, 6.45) is 4.27. The SMILES string of the molecule is CC#CCO[C@@H]1CCCC[C@H]1N=[N+]=[N-]. The third kappa shape index (κ3) is 3.29. The molecule has 0 N–H and O–H groups in total. The molecule has 0 amide bonds. The Labute approximate surface area is 84.3 Å². The highest BCUT2D eigenvalue weighted by Crippen LogP contribution is 2.23. The van der Waals surface area contributed by atoms with Crippen LogP contribution in [-0.2, 0) is 4.74 Å². The molecule has 4 nitrogen and oxygen atoms in total. The molecule has 1 aliphatic rings. The predicted octanol–water partition coefficient (Wildman–Crippen LogP) is 2.65. The maximum atomic E-state index is 8.38. The van der Waals surface area contributed by atoms with Crippen molar-refractivity contribution in [3.05, 3.63) is 10.4 Å². The summed E-state index contributed by atoms with van der Waals surface area (Å²) in [6.45, 7) is 2.23. The number of azide groups is 1. The third-order valence-electron chi connectivity index (χ3n) is 2.41. The lowest BCUT2D eigenvalue weighted by Gasteiger charge is -2.27. The van der Waals surface area contributed by atoms with E-state index in [2.05, 4.69) is 21.9 Å². The molecule has 4 heteroatoms. The van der Waals surface area contributed by atoms with Gasteiger partial charge < -0.3 is 4.74 Å². The van der Waals surface area contributed by atoms with Crippen LogP contribution < -0.4 is 0 Å². The van der Waals surface area contributed by atoms with Gasteiger partial charge >= 0.3 is 0 Å². The van der Waals surface area contributed by atoms with Crippen molar-refractivity contribution in [3.63, 3.8) is 0 Å². The van der Waals surface area contributed by atoms with Gasteiger partial charge in [-0.1, -0.05) is 23.9 Å². The molecule has 1 rings (SSSR count). The van der Waals surface area contributed by atoms with Gasteiger partial charge in [0, 0.05) is 4.91 Å². The standard InChI is InChI=1S/C10H15N3O/c1-2-3-8-14-10-7-5-4-6-9(10)12-13-11/h9-10H,4-8H2,1H3/t9-,10-/m1/s1. The monoisotopic (exact) mass is 193 g/mol.